The number of aryl methyl sites for hydroxylation is 1. The number of methoxy groups -OCH3 is 1. The van der Waals surface area contributed by atoms with Crippen molar-refractivity contribution < 1.29 is 28.7 Å². The molecule has 254 valence electrons. The highest BCUT2D eigenvalue weighted by molar-refractivity contribution is 8.00. The van der Waals surface area contributed by atoms with Crippen molar-refractivity contribution >= 4 is 63.6 Å². The van der Waals surface area contributed by atoms with E-state index in [2.05, 4.69) is 16.0 Å². The Balaban J connectivity index is 1.28. The van der Waals surface area contributed by atoms with E-state index in [1.54, 1.807) is 79.7 Å². The first-order valence-electron chi connectivity index (χ1n) is 15.7. The average Bonchev–Trinajstić information content (AvgIpc) is 3.55. The van der Waals surface area contributed by atoms with Crippen LogP contribution >= 0.6 is 23.1 Å². The Morgan fingerprint density at radius 3 is 2.34 bits per heavy atom. The molecule has 0 radical (unpaired) electrons. The van der Waals surface area contributed by atoms with Gasteiger partial charge in [0.05, 0.1) is 19.5 Å². The van der Waals surface area contributed by atoms with Gasteiger partial charge in [-0.15, -0.1) is 23.1 Å². The summed E-state index contributed by atoms with van der Waals surface area (Å²) in [6, 6.07) is 30.6. The van der Waals surface area contributed by atoms with Gasteiger partial charge in [0.1, 0.15) is 22.0 Å². The second-order valence-electron chi connectivity index (χ2n) is 10.9. The van der Waals surface area contributed by atoms with Crippen molar-refractivity contribution in [3.05, 3.63) is 136 Å². The molecule has 1 heterocycles. The van der Waals surface area contributed by atoms with Crippen molar-refractivity contribution in [2.45, 2.75) is 18.7 Å². The molecule has 3 N–H and O–H groups in total. The van der Waals surface area contributed by atoms with Crippen molar-refractivity contribution in [1.82, 2.24) is 5.32 Å². The molecule has 0 aliphatic heterocycles. The molecule has 0 spiro atoms. The molecule has 5 rings (SSSR count). The molecule has 1 aromatic heterocycles. The number of nitrogens with one attached hydrogen (secondary N) is 3. The van der Waals surface area contributed by atoms with E-state index in [0.29, 0.717) is 38.7 Å². The summed E-state index contributed by atoms with van der Waals surface area (Å²) in [6.45, 7) is 3.93. The Morgan fingerprint density at radius 1 is 0.860 bits per heavy atom. The lowest BCUT2D eigenvalue weighted by Crippen LogP contribution is -2.30. The summed E-state index contributed by atoms with van der Waals surface area (Å²) in [5.41, 5.74) is 4.43. The lowest BCUT2D eigenvalue weighted by atomic mass is 10.0. The zero-order chi connectivity index (χ0) is 35.5. The van der Waals surface area contributed by atoms with Gasteiger partial charge >= 0.3 is 5.97 Å². The fourth-order valence-electron chi connectivity index (χ4n) is 4.86. The van der Waals surface area contributed by atoms with E-state index in [0.717, 1.165) is 16.0 Å². The fourth-order valence-corrected chi connectivity index (χ4v) is 6.59. The molecule has 5 aromatic rings. The lowest BCUT2D eigenvalue weighted by Gasteiger charge is -2.13. The molecule has 0 aliphatic carbocycles. The average molecular weight is 706 g/mol. The summed E-state index contributed by atoms with van der Waals surface area (Å²) >= 11 is 2.53. The normalized spacial score (nSPS) is 11.0. The van der Waals surface area contributed by atoms with Crippen LogP contribution in [0.25, 0.3) is 17.2 Å². The fraction of sp³-hybridized carbons (Fsp3) is 0.128. The summed E-state index contributed by atoms with van der Waals surface area (Å²) in [6.07, 6.45) is 1.55. The molecule has 0 aliphatic rings. The van der Waals surface area contributed by atoms with E-state index >= 15 is 0 Å². The lowest BCUT2D eigenvalue weighted by molar-refractivity contribution is -0.114. The van der Waals surface area contributed by atoms with Gasteiger partial charge in [-0.25, -0.2) is 4.79 Å². The van der Waals surface area contributed by atoms with Crippen molar-refractivity contribution in [3.8, 4) is 16.9 Å². The third kappa shape index (κ3) is 9.28. The summed E-state index contributed by atoms with van der Waals surface area (Å²) in [5, 5.41) is 10.7. The maximum absolute atomic E-state index is 13.6. The van der Waals surface area contributed by atoms with Crippen LogP contribution in [0.2, 0.25) is 0 Å². The van der Waals surface area contributed by atoms with Crippen molar-refractivity contribution in [1.29, 1.82) is 0 Å². The first-order chi connectivity index (χ1) is 24.2. The Morgan fingerprint density at radius 2 is 1.60 bits per heavy atom. The second-order valence-corrected chi connectivity index (χ2v) is 12.8. The van der Waals surface area contributed by atoms with Crippen LogP contribution in [0.4, 0.5) is 10.7 Å². The number of benzene rings is 4. The van der Waals surface area contributed by atoms with Gasteiger partial charge in [0.2, 0.25) is 5.91 Å². The second kappa shape index (κ2) is 17.1. The number of anilines is 2. The van der Waals surface area contributed by atoms with Crippen LogP contribution in [-0.4, -0.2) is 43.2 Å². The number of ether oxygens (including phenoxy) is 2. The molecule has 0 saturated heterocycles. The van der Waals surface area contributed by atoms with Gasteiger partial charge in [0.15, 0.2) is 0 Å². The highest BCUT2D eigenvalue weighted by atomic mass is 32.2. The van der Waals surface area contributed by atoms with Crippen molar-refractivity contribution in [3.63, 3.8) is 0 Å². The largest absolute Gasteiger partial charge is 0.496 e. The molecule has 4 aromatic carbocycles. The zero-order valence-corrected chi connectivity index (χ0v) is 29.3. The van der Waals surface area contributed by atoms with E-state index in [4.69, 9.17) is 9.47 Å². The molecular weight excluding hydrogens is 671 g/mol. The topological polar surface area (TPSA) is 123 Å². The van der Waals surface area contributed by atoms with Crippen molar-refractivity contribution in [2.75, 3.05) is 30.1 Å². The summed E-state index contributed by atoms with van der Waals surface area (Å²) < 4.78 is 10.8. The van der Waals surface area contributed by atoms with Crippen LogP contribution in [-0.2, 0) is 14.3 Å². The van der Waals surface area contributed by atoms with Gasteiger partial charge in [-0.05, 0) is 61.9 Å². The maximum Gasteiger partial charge on any atom is 0.341 e. The number of thioether (sulfide) groups is 1. The number of esters is 1. The van der Waals surface area contributed by atoms with Gasteiger partial charge in [0.25, 0.3) is 11.8 Å². The third-order valence-corrected chi connectivity index (χ3v) is 9.20. The predicted octanol–water partition coefficient (Wildman–Crippen LogP) is 8.05. The van der Waals surface area contributed by atoms with Gasteiger partial charge in [-0.1, -0.05) is 72.3 Å². The molecule has 0 bridgehead atoms. The number of carbonyl (C=O) groups is 4. The minimum Gasteiger partial charge on any atom is -0.496 e. The minimum absolute atomic E-state index is 0.0131. The highest BCUT2D eigenvalue weighted by Gasteiger charge is 2.23. The zero-order valence-electron chi connectivity index (χ0n) is 27.6. The van der Waals surface area contributed by atoms with E-state index in [1.165, 1.54) is 30.2 Å². The van der Waals surface area contributed by atoms with Crippen LogP contribution in [0.3, 0.4) is 0 Å². The van der Waals surface area contributed by atoms with Crippen LogP contribution in [0.5, 0.6) is 5.75 Å². The molecule has 3 amide bonds. The summed E-state index contributed by atoms with van der Waals surface area (Å²) in [7, 11) is 1.53. The number of rotatable bonds is 13. The van der Waals surface area contributed by atoms with E-state index < -0.39 is 17.8 Å². The third-order valence-electron chi connectivity index (χ3n) is 7.32. The number of amides is 3. The van der Waals surface area contributed by atoms with Gasteiger partial charge in [-0.3, -0.25) is 14.4 Å². The monoisotopic (exact) mass is 705 g/mol. The molecule has 0 saturated carbocycles. The molecule has 50 heavy (non-hydrogen) atoms. The van der Waals surface area contributed by atoms with Gasteiger partial charge < -0.3 is 25.4 Å². The molecule has 9 nitrogen and oxygen atoms in total. The number of para-hydroxylation sites is 1. The maximum atomic E-state index is 13.6. The quantitative estimate of drug-likeness (QED) is 0.0644. The molecule has 11 heteroatoms. The first-order valence-corrected chi connectivity index (χ1v) is 17.5. The highest BCUT2D eigenvalue weighted by Crippen LogP contribution is 2.36. The molecule has 0 atom stereocenters. The van der Waals surface area contributed by atoms with Gasteiger partial charge in [-0.2, -0.15) is 0 Å². The minimum atomic E-state index is -0.548. The Bertz CT molecular complexity index is 2020. The van der Waals surface area contributed by atoms with Crippen LogP contribution in [0.1, 0.15) is 38.8 Å². The standard InChI is InChI=1S/C39H35N3O6S2/c1-4-48-39(46)35-31(26-19-17-25(2)18-20-26)23-50-38(35)42-34(43)24-49-30-15-10-14-29(22-30)40-37(45)32(21-28-13-8-9-16-33(28)47-3)41-36(44)27-11-6-5-7-12-27/h5-23H,4,24H2,1-3H3,(H,40,45)(H,41,44)(H,42,43)/b32-21+. The summed E-state index contributed by atoms with van der Waals surface area (Å²) in [4.78, 5) is 53.4. The number of hydrogen-bond acceptors (Lipinski definition) is 8. The molecule has 0 unspecified atom stereocenters. The Hall–Kier alpha value is -5.65. The van der Waals surface area contributed by atoms with Gasteiger partial charge in [0, 0.05) is 32.7 Å². The SMILES string of the molecule is CCOC(=O)c1c(-c2ccc(C)cc2)csc1NC(=O)CSc1cccc(NC(=O)/C(=C\c2ccccc2OC)NC(=O)c2ccccc2)c1. The van der Waals surface area contributed by atoms with Crippen molar-refractivity contribution in [2.24, 2.45) is 0 Å². The smallest absolute Gasteiger partial charge is 0.341 e. The molecule has 0 fully saturated rings. The first kappa shape index (κ1) is 35.7. The number of hydrogen-bond donors (Lipinski definition) is 3. The number of carbonyl (C=O) groups excluding carboxylic acids is 4. The number of thiophene rings is 1. The Kier molecular flexibility index (Phi) is 12.2. The van der Waals surface area contributed by atoms with E-state index in [9.17, 15) is 19.2 Å². The molecular formula is C39H35N3O6S2. The van der Waals surface area contributed by atoms with E-state index in [1.807, 2.05) is 48.7 Å². The summed E-state index contributed by atoms with van der Waals surface area (Å²) in [5.74, 6) is -1.23. The van der Waals surface area contributed by atoms with Crippen LogP contribution in [0, 0.1) is 6.92 Å². The Labute approximate surface area is 298 Å². The van der Waals surface area contributed by atoms with E-state index in [-0.39, 0.29) is 24.0 Å². The van der Waals surface area contributed by atoms with Crippen LogP contribution < -0.4 is 20.7 Å². The van der Waals surface area contributed by atoms with Crippen LogP contribution in [0.15, 0.2) is 119 Å². The predicted molar refractivity (Wildman–Crippen MR) is 200 cm³/mol.